The molecule has 0 aliphatic heterocycles. The zero-order valence-electron chi connectivity index (χ0n) is 15.9. The molecule has 7 heteroatoms. The minimum atomic E-state index is -3.66. The van der Waals surface area contributed by atoms with E-state index in [2.05, 4.69) is 5.32 Å². The minimum Gasteiger partial charge on any atom is -0.348 e. The van der Waals surface area contributed by atoms with Crippen LogP contribution in [0.1, 0.15) is 37.9 Å². The summed E-state index contributed by atoms with van der Waals surface area (Å²) in [6.07, 6.45) is 1.91. The van der Waals surface area contributed by atoms with Gasteiger partial charge in [-0.05, 0) is 55.7 Å². The smallest absolute Gasteiger partial charge is 0.244 e. The second-order valence-corrected chi connectivity index (χ2v) is 8.40. The normalized spacial score (nSPS) is 13.7. The second kappa shape index (κ2) is 8.52. The molecule has 1 amide bonds. The first kappa shape index (κ1) is 20.9. The van der Waals surface area contributed by atoms with E-state index in [0.717, 1.165) is 28.1 Å². The molecular weight excluding hydrogens is 367 g/mol. The molecule has 0 heterocycles. The topological polar surface area (TPSA) is 66.5 Å². The molecule has 0 aliphatic carbocycles. The molecule has 0 saturated heterocycles. The van der Waals surface area contributed by atoms with Crippen molar-refractivity contribution in [2.45, 2.75) is 39.3 Å². The van der Waals surface area contributed by atoms with Crippen LogP contribution >= 0.6 is 0 Å². The minimum absolute atomic E-state index is 0.357. The van der Waals surface area contributed by atoms with Gasteiger partial charge in [-0.2, -0.15) is 0 Å². The molecule has 146 valence electrons. The van der Waals surface area contributed by atoms with Crippen molar-refractivity contribution in [2.75, 3.05) is 10.6 Å². The fourth-order valence-corrected chi connectivity index (χ4v) is 4.03. The Morgan fingerprint density at radius 3 is 2.11 bits per heavy atom. The summed E-state index contributed by atoms with van der Waals surface area (Å²) in [6, 6.07) is 11.6. The van der Waals surface area contributed by atoms with Crippen LogP contribution in [0.25, 0.3) is 0 Å². The van der Waals surface area contributed by atoms with Gasteiger partial charge in [0.05, 0.1) is 18.0 Å². The number of nitrogens with zero attached hydrogens (tertiary/aromatic N) is 1. The third kappa shape index (κ3) is 5.29. The van der Waals surface area contributed by atoms with E-state index in [0.29, 0.717) is 5.69 Å². The molecule has 2 aromatic rings. The van der Waals surface area contributed by atoms with Crippen molar-refractivity contribution in [1.29, 1.82) is 0 Å². The van der Waals surface area contributed by atoms with Gasteiger partial charge in [-0.15, -0.1) is 0 Å². The number of hydrogen-bond acceptors (Lipinski definition) is 3. The Balaban J connectivity index is 2.22. The van der Waals surface area contributed by atoms with Gasteiger partial charge in [0, 0.05) is 0 Å². The molecule has 0 unspecified atom stereocenters. The lowest BCUT2D eigenvalue weighted by molar-refractivity contribution is -0.122. The van der Waals surface area contributed by atoms with Gasteiger partial charge in [0.15, 0.2) is 0 Å². The highest BCUT2D eigenvalue weighted by molar-refractivity contribution is 7.92. The number of rotatable bonds is 7. The van der Waals surface area contributed by atoms with Crippen LogP contribution in [0.2, 0.25) is 0 Å². The lowest BCUT2D eigenvalue weighted by Crippen LogP contribution is -2.48. The molecule has 0 aromatic heterocycles. The zero-order chi connectivity index (χ0) is 20.2. The third-order valence-electron chi connectivity index (χ3n) is 4.42. The third-order valence-corrected chi connectivity index (χ3v) is 5.66. The maximum absolute atomic E-state index is 13.1. The Hall–Kier alpha value is -2.41. The van der Waals surface area contributed by atoms with Crippen molar-refractivity contribution in [2.24, 2.45) is 0 Å². The Kier molecular flexibility index (Phi) is 6.59. The Labute approximate surface area is 160 Å². The largest absolute Gasteiger partial charge is 0.348 e. The highest BCUT2D eigenvalue weighted by Crippen LogP contribution is 2.22. The summed E-state index contributed by atoms with van der Waals surface area (Å²) in [7, 11) is -3.66. The van der Waals surface area contributed by atoms with E-state index >= 15 is 0 Å². The first-order chi connectivity index (χ1) is 12.6. The van der Waals surface area contributed by atoms with E-state index in [1.54, 1.807) is 38.1 Å². The second-order valence-electron chi connectivity index (χ2n) is 6.54. The van der Waals surface area contributed by atoms with Crippen LogP contribution in [-0.2, 0) is 21.2 Å². The molecular formula is C20H25FN2O3S. The van der Waals surface area contributed by atoms with E-state index < -0.39 is 22.0 Å². The van der Waals surface area contributed by atoms with Gasteiger partial charge >= 0.3 is 0 Å². The Morgan fingerprint density at radius 2 is 1.63 bits per heavy atom. The SMILES string of the molecule is CCc1ccc(N([C@@H](C)C(=O)N[C@H](C)c2ccc(F)cc2)S(C)(=O)=O)cc1. The number of halogens is 1. The zero-order valence-corrected chi connectivity index (χ0v) is 16.8. The fourth-order valence-electron chi connectivity index (χ4n) is 2.86. The van der Waals surface area contributed by atoms with E-state index in [4.69, 9.17) is 0 Å². The van der Waals surface area contributed by atoms with Crippen molar-refractivity contribution in [3.05, 3.63) is 65.5 Å². The molecule has 0 spiro atoms. The molecule has 0 aliphatic rings. The van der Waals surface area contributed by atoms with Crippen LogP contribution in [-0.4, -0.2) is 26.6 Å². The highest BCUT2D eigenvalue weighted by Gasteiger charge is 2.29. The summed E-state index contributed by atoms with van der Waals surface area (Å²) in [6.45, 7) is 5.32. The van der Waals surface area contributed by atoms with Crippen molar-refractivity contribution >= 4 is 21.6 Å². The van der Waals surface area contributed by atoms with Gasteiger partial charge in [0.25, 0.3) is 0 Å². The van der Waals surface area contributed by atoms with Gasteiger partial charge in [-0.1, -0.05) is 31.2 Å². The average molecular weight is 392 g/mol. The van der Waals surface area contributed by atoms with Gasteiger partial charge in [0.1, 0.15) is 11.9 Å². The van der Waals surface area contributed by atoms with Crippen LogP contribution in [0.4, 0.5) is 10.1 Å². The average Bonchev–Trinajstić information content (AvgIpc) is 2.61. The summed E-state index contributed by atoms with van der Waals surface area (Å²) in [5.74, 6) is -0.791. The van der Waals surface area contributed by atoms with E-state index in [1.807, 2.05) is 19.1 Å². The summed E-state index contributed by atoms with van der Waals surface area (Å²) in [5, 5.41) is 2.79. The number of aryl methyl sites for hydroxylation is 1. The first-order valence-electron chi connectivity index (χ1n) is 8.77. The molecule has 2 atom stereocenters. The molecule has 0 radical (unpaired) electrons. The number of benzene rings is 2. The number of hydrogen-bond donors (Lipinski definition) is 1. The van der Waals surface area contributed by atoms with E-state index in [1.165, 1.54) is 12.1 Å². The highest BCUT2D eigenvalue weighted by atomic mass is 32.2. The lowest BCUT2D eigenvalue weighted by Gasteiger charge is -2.29. The molecule has 0 fully saturated rings. The summed E-state index contributed by atoms with van der Waals surface area (Å²) in [5.41, 5.74) is 2.25. The molecule has 2 aromatic carbocycles. The monoisotopic (exact) mass is 392 g/mol. The van der Waals surface area contributed by atoms with Crippen LogP contribution in [0.5, 0.6) is 0 Å². The molecule has 5 nitrogen and oxygen atoms in total. The number of nitrogens with one attached hydrogen (secondary N) is 1. The number of anilines is 1. The molecule has 0 saturated carbocycles. The molecule has 0 bridgehead atoms. The standard InChI is InChI=1S/C20H25FN2O3S/c1-5-16-6-12-19(13-7-16)23(27(4,25)26)15(3)20(24)22-14(2)17-8-10-18(21)11-9-17/h6-15H,5H2,1-4H3,(H,22,24)/t14-,15+/m1/s1. The van der Waals surface area contributed by atoms with E-state index in [-0.39, 0.29) is 11.9 Å². The fraction of sp³-hybridized carbons (Fsp3) is 0.350. The number of amides is 1. The maximum Gasteiger partial charge on any atom is 0.244 e. The Bertz CT molecular complexity index is 880. The van der Waals surface area contributed by atoms with Crippen molar-refractivity contribution in [3.63, 3.8) is 0 Å². The number of sulfonamides is 1. The van der Waals surface area contributed by atoms with Gasteiger partial charge in [0.2, 0.25) is 15.9 Å². The van der Waals surface area contributed by atoms with Crippen LogP contribution < -0.4 is 9.62 Å². The predicted molar refractivity (Wildman–Crippen MR) is 106 cm³/mol. The molecule has 2 rings (SSSR count). The quantitative estimate of drug-likeness (QED) is 0.785. The number of carbonyl (C=O) groups is 1. The van der Waals surface area contributed by atoms with Crippen LogP contribution in [0.15, 0.2) is 48.5 Å². The van der Waals surface area contributed by atoms with E-state index in [9.17, 15) is 17.6 Å². The van der Waals surface area contributed by atoms with Crippen molar-refractivity contribution in [1.82, 2.24) is 5.32 Å². The predicted octanol–water partition coefficient (Wildman–Crippen LogP) is 3.42. The Morgan fingerprint density at radius 1 is 1.07 bits per heavy atom. The number of carbonyl (C=O) groups excluding carboxylic acids is 1. The molecule has 27 heavy (non-hydrogen) atoms. The summed E-state index contributed by atoms with van der Waals surface area (Å²) >= 11 is 0. The lowest BCUT2D eigenvalue weighted by atomic mass is 10.1. The van der Waals surface area contributed by atoms with Gasteiger partial charge in [-0.3, -0.25) is 9.10 Å². The summed E-state index contributed by atoms with van der Waals surface area (Å²) < 4.78 is 38.8. The van der Waals surface area contributed by atoms with Crippen LogP contribution in [0.3, 0.4) is 0 Å². The molecule has 1 N–H and O–H groups in total. The maximum atomic E-state index is 13.1. The van der Waals surface area contributed by atoms with Crippen molar-refractivity contribution in [3.8, 4) is 0 Å². The van der Waals surface area contributed by atoms with Crippen LogP contribution in [0, 0.1) is 5.82 Å². The van der Waals surface area contributed by atoms with Crippen molar-refractivity contribution < 1.29 is 17.6 Å². The van der Waals surface area contributed by atoms with Gasteiger partial charge < -0.3 is 5.32 Å². The van der Waals surface area contributed by atoms with Gasteiger partial charge in [-0.25, -0.2) is 12.8 Å². The first-order valence-corrected chi connectivity index (χ1v) is 10.6. The summed E-state index contributed by atoms with van der Waals surface area (Å²) in [4.78, 5) is 12.7.